The first-order valence-electron chi connectivity index (χ1n) is 7.52. The van der Waals surface area contributed by atoms with Crippen LogP contribution in [0.25, 0.3) is 0 Å². The second kappa shape index (κ2) is 8.19. The van der Waals surface area contributed by atoms with Gasteiger partial charge in [-0.15, -0.1) is 0 Å². The molecule has 0 saturated heterocycles. The lowest BCUT2D eigenvalue weighted by Gasteiger charge is -2.14. The first-order valence-corrected chi connectivity index (χ1v) is 7.52. The fourth-order valence-electron chi connectivity index (χ4n) is 1.98. The van der Waals surface area contributed by atoms with Crippen molar-refractivity contribution in [3.8, 4) is 5.75 Å². The van der Waals surface area contributed by atoms with E-state index in [2.05, 4.69) is 10.6 Å². The molecule has 5 heteroatoms. The second-order valence-electron chi connectivity index (χ2n) is 5.48. The number of carbonyl (C=O) groups excluding carboxylic acids is 1. The minimum absolute atomic E-state index is 0.115. The van der Waals surface area contributed by atoms with Crippen molar-refractivity contribution in [2.75, 3.05) is 18.5 Å². The highest BCUT2D eigenvalue weighted by Crippen LogP contribution is 2.12. The van der Waals surface area contributed by atoms with E-state index in [1.54, 1.807) is 0 Å². The lowest BCUT2D eigenvalue weighted by molar-refractivity contribution is 0.108. The maximum absolute atomic E-state index is 11.7. The van der Waals surface area contributed by atoms with Gasteiger partial charge in [-0.1, -0.05) is 29.8 Å². The summed E-state index contributed by atoms with van der Waals surface area (Å²) in [6.45, 7) is 4.19. The number of ether oxygens (including phenoxy) is 1. The maximum atomic E-state index is 11.7. The molecule has 3 N–H and O–H groups in total. The van der Waals surface area contributed by atoms with Crippen LogP contribution in [0, 0.1) is 13.8 Å². The zero-order valence-corrected chi connectivity index (χ0v) is 13.4. The van der Waals surface area contributed by atoms with E-state index in [1.807, 2.05) is 62.4 Å². The number of aliphatic hydroxyl groups excluding tert-OH is 1. The smallest absolute Gasteiger partial charge is 0.319 e. The van der Waals surface area contributed by atoms with Crippen LogP contribution in [0.15, 0.2) is 48.5 Å². The quantitative estimate of drug-likeness (QED) is 0.768. The molecule has 2 aromatic carbocycles. The molecule has 0 saturated carbocycles. The standard InChI is InChI=1S/C18H22N2O3/c1-13-6-8-15(9-7-13)20-18(22)19-11-16(21)12-23-17-5-3-4-14(2)10-17/h3-10,16,21H,11-12H2,1-2H3,(H2,19,20,22). The van der Waals surface area contributed by atoms with Gasteiger partial charge in [0, 0.05) is 12.2 Å². The molecular weight excluding hydrogens is 292 g/mol. The van der Waals surface area contributed by atoms with Gasteiger partial charge in [0.2, 0.25) is 0 Å². The number of hydrogen-bond acceptors (Lipinski definition) is 3. The van der Waals surface area contributed by atoms with E-state index in [0.717, 1.165) is 11.1 Å². The SMILES string of the molecule is Cc1ccc(NC(=O)NCC(O)COc2cccc(C)c2)cc1. The number of aryl methyl sites for hydroxylation is 2. The van der Waals surface area contributed by atoms with Gasteiger partial charge in [-0.2, -0.15) is 0 Å². The van der Waals surface area contributed by atoms with Gasteiger partial charge in [0.05, 0.1) is 0 Å². The van der Waals surface area contributed by atoms with Crippen LogP contribution in [0.5, 0.6) is 5.75 Å². The Kier molecular flexibility index (Phi) is 6.00. The molecule has 0 heterocycles. The fraction of sp³-hybridized carbons (Fsp3) is 0.278. The predicted molar refractivity (Wildman–Crippen MR) is 90.9 cm³/mol. The first kappa shape index (κ1) is 16.8. The lowest BCUT2D eigenvalue weighted by atomic mass is 10.2. The summed E-state index contributed by atoms with van der Waals surface area (Å²) in [5, 5.41) is 15.2. The Balaban J connectivity index is 1.70. The molecule has 2 amide bonds. The summed E-state index contributed by atoms with van der Waals surface area (Å²) in [4.78, 5) is 11.7. The predicted octanol–water partition coefficient (Wildman–Crippen LogP) is 2.86. The van der Waals surface area contributed by atoms with Crippen LogP contribution in [-0.2, 0) is 0 Å². The Bertz CT molecular complexity index is 641. The number of nitrogens with one attached hydrogen (secondary N) is 2. The van der Waals surface area contributed by atoms with Crippen LogP contribution in [0.4, 0.5) is 10.5 Å². The Morgan fingerprint density at radius 1 is 1.13 bits per heavy atom. The van der Waals surface area contributed by atoms with Crippen LogP contribution in [0.3, 0.4) is 0 Å². The molecule has 0 aromatic heterocycles. The molecule has 0 bridgehead atoms. The van der Waals surface area contributed by atoms with Crippen molar-refractivity contribution in [1.29, 1.82) is 0 Å². The van der Waals surface area contributed by atoms with Gasteiger partial charge in [0.15, 0.2) is 0 Å². The fourth-order valence-corrected chi connectivity index (χ4v) is 1.98. The molecule has 2 rings (SSSR count). The lowest BCUT2D eigenvalue weighted by Crippen LogP contribution is -2.37. The van der Waals surface area contributed by atoms with E-state index in [4.69, 9.17) is 4.74 Å². The number of aliphatic hydroxyl groups is 1. The van der Waals surface area contributed by atoms with E-state index in [1.165, 1.54) is 0 Å². The van der Waals surface area contributed by atoms with Gasteiger partial charge in [-0.05, 0) is 43.7 Å². The summed E-state index contributed by atoms with van der Waals surface area (Å²) in [5.41, 5.74) is 2.92. The largest absolute Gasteiger partial charge is 0.491 e. The van der Waals surface area contributed by atoms with Crippen molar-refractivity contribution >= 4 is 11.7 Å². The van der Waals surface area contributed by atoms with Crippen molar-refractivity contribution < 1.29 is 14.6 Å². The molecule has 0 aliphatic carbocycles. The third kappa shape index (κ3) is 6.00. The van der Waals surface area contributed by atoms with E-state index >= 15 is 0 Å². The monoisotopic (exact) mass is 314 g/mol. The van der Waals surface area contributed by atoms with E-state index in [9.17, 15) is 9.90 Å². The van der Waals surface area contributed by atoms with E-state index in [-0.39, 0.29) is 19.2 Å². The average molecular weight is 314 g/mol. The van der Waals surface area contributed by atoms with Crippen LogP contribution >= 0.6 is 0 Å². The van der Waals surface area contributed by atoms with Gasteiger partial charge < -0.3 is 20.5 Å². The summed E-state index contributed by atoms with van der Waals surface area (Å²) in [7, 11) is 0. The van der Waals surface area contributed by atoms with Crippen molar-refractivity contribution in [3.05, 3.63) is 59.7 Å². The number of rotatable bonds is 6. The summed E-state index contributed by atoms with van der Waals surface area (Å²) >= 11 is 0. The molecule has 0 aliphatic heterocycles. The minimum Gasteiger partial charge on any atom is -0.491 e. The summed E-state index contributed by atoms with van der Waals surface area (Å²) in [6.07, 6.45) is -0.778. The molecule has 5 nitrogen and oxygen atoms in total. The zero-order chi connectivity index (χ0) is 16.7. The maximum Gasteiger partial charge on any atom is 0.319 e. The molecule has 0 spiro atoms. The third-order valence-corrected chi connectivity index (χ3v) is 3.24. The van der Waals surface area contributed by atoms with Crippen LogP contribution in [-0.4, -0.2) is 30.4 Å². The number of amides is 2. The van der Waals surface area contributed by atoms with E-state index < -0.39 is 6.10 Å². The number of carbonyl (C=O) groups is 1. The van der Waals surface area contributed by atoms with Crippen LogP contribution in [0.2, 0.25) is 0 Å². The normalized spacial score (nSPS) is 11.6. The van der Waals surface area contributed by atoms with Crippen molar-refractivity contribution in [1.82, 2.24) is 5.32 Å². The highest BCUT2D eigenvalue weighted by Gasteiger charge is 2.08. The Morgan fingerprint density at radius 3 is 2.57 bits per heavy atom. The first-order chi connectivity index (χ1) is 11.0. The number of hydrogen-bond donors (Lipinski definition) is 3. The van der Waals surface area contributed by atoms with E-state index in [0.29, 0.717) is 11.4 Å². The number of benzene rings is 2. The number of anilines is 1. The molecule has 2 aromatic rings. The Morgan fingerprint density at radius 2 is 1.87 bits per heavy atom. The molecule has 1 atom stereocenters. The van der Waals surface area contributed by atoms with Crippen LogP contribution < -0.4 is 15.4 Å². The molecule has 23 heavy (non-hydrogen) atoms. The molecule has 0 radical (unpaired) electrons. The number of urea groups is 1. The van der Waals surface area contributed by atoms with Crippen molar-refractivity contribution in [3.63, 3.8) is 0 Å². The van der Waals surface area contributed by atoms with Crippen molar-refractivity contribution in [2.24, 2.45) is 0 Å². The van der Waals surface area contributed by atoms with Crippen LogP contribution in [0.1, 0.15) is 11.1 Å². The van der Waals surface area contributed by atoms with Gasteiger partial charge in [0.25, 0.3) is 0 Å². The molecule has 1 unspecified atom stereocenters. The molecular formula is C18H22N2O3. The summed E-state index contributed by atoms with van der Waals surface area (Å²) in [5.74, 6) is 0.702. The van der Waals surface area contributed by atoms with Gasteiger partial charge in [0.1, 0.15) is 18.5 Å². The highest BCUT2D eigenvalue weighted by atomic mass is 16.5. The highest BCUT2D eigenvalue weighted by molar-refractivity contribution is 5.89. The molecule has 122 valence electrons. The third-order valence-electron chi connectivity index (χ3n) is 3.24. The molecule has 0 fully saturated rings. The minimum atomic E-state index is -0.778. The summed E-state index contributed by atoms with van der Waals surface area (Å²) < 4.78 is 5.49. The second-order valence-corrected chi connectivity index (χ2v) is 5.48. The average Bonchev–Trinajstić information content (AvgIpc) is 2.53. The zero-order valence-electron chi connectivity index (χ0n) is 13.4. The Labute approximate surface area is 136 Å². The summed E-state index contributed by atoms with van der Waals surface area (Å²) in [6, 6.07) is 14.7. The Hall–Kier alpha value is -2.53. The topological polar surface area (TPSA) is 70.6 Å². The van der Waals surface area contributed by atoms with Gasteiger partial charge >= 0.3 is 6.03 Å². The molecule has 0 aliphatic rings. The van der Waals surface area contributed by atoms with Gasteiger partial charge in [-0.3, -0.25) is 0 Å². The van der Waals surface area contributed by atoms with Gasteiger partial charge in [-0.25, -0.2) is 4.79 Å². The van der Waals surface area contributed by atoms with Crippen molar-refractivity contribution in [2.45, 2.75) is 20.0 Å².